The Hall–Kier alpha value is -1.02. The predicted molar refractivity (Wildman–Crippen MR) is 76.4 cm³/mol. The van der Waals surface area contributed by atoms with Crippen LogP contribution in [0.2, 0.25) is 0 Å². The molecule has 1 heterocycles. The lowest BCUT2D eigenvalue weighted by atomic mass is 9.88. The molecule has 1 N–H and O–H groups in total. The van der Waals surface area contributed by atoms with Gasteiger partial charge in [0.05, 0.1) is 7.11 Å². The number of piperidine rings is 1. The number of hydrogen-bond donors (Lipinski definition) is 1. The molecule has 0 spiro atoms. The van der Waals surface area contributed by atoms with E-state index < -0.39 is 0 Å². The fourth-order valence-corrected chi connectivity index (χ4v) is 2.83. The first-order chi connectivity index (χ1) is 8.61. The van der Waals surface area contributed by atoms with Crippen LogP contribution in [-0.2, 0) is 6.42 Å². The van der Waals surface area contributed by atoms with Crippen LogP contribution in [0.25, 0.3) is 0 Å². The number of ether oxygens (including phenoxy) is 1. The molecule has 0 saturated carbocycles. The van der Waals surface area contributed by atoms with E-state index in [4.69, 9.17) is 4.74 Å². The third kappa shape index (κ3) is 2.86. The summed E-state index contributed by atoms with van der Waals surface area (Å²) in [6, 6.07) is 5.13. The lowest BCUT2D eigenvalue weighted by Crippen LogP contribution is -2.37. The van der Waals surface area contributed by atoms with E-state index >= 15 is 0 Å². The molecule has 100 valence electrons. The lowest BCUT2D eigenvalue weighted by Gasteiger charge is -2.28. The maximum Gasteiger partial charge on any atom is 0.125 e. The van der Waals surface area contributed by atoms with Gasteiger partial charge in [-0.2, -0.15) is 0 Å². The molecular formula is C16H25NO. The first-order valence-electron chi connectivity index (χ1n) is 6.98. The van der Waals surface area contributed by atoms with Crippen LogP contribution >= 0.6 is 0 Å². The molecule has 1 aliphatic rings. The summed E-state index contributed by atoms with van der Waals surface area (Å²) >= 11 is 0. The maximum absolute atomic E-state index is 5.60. The van der Waals surface area contributed by atoms with Gasteiger partial charge in [0, 0.05) is 6.04 Å². The molecule has 1 saturated heterocycles. The molecule has 0 bridgehead atoms. The fourth-order valence-electron chi connectivity index (χ4n) is 2.83. The van der Waals surface area contributed by atoms with Crippen LogP contribution in [0.5, 0.6) is 5.75 Å². The molecule has 0 amide bonds. The molecular weight excluding hydrogens is 222 g/mol. The Morgan fingerprint density at radius 1 is 1.28 bits per heavy atom. The summed E-state index contributed by atoms with van der Waals surface area (Å²) < 4.78 is 5.60. The van der Waals surface area contributed by atoms with Gasteiger partial charge in [-0.15, -0.1) is 0 Å². The second kappa shape index (κ2) is 5.75. The summed E-state index contributed by atoms with van der Waals surface area (Å²) in [7, 11) is 1.78. The zero-order valence-corrected chi connectivity index (χ0v) is 12.0. The smallest absolute Gasteiger partial charge is 0.125 e. The summed E-state index contributed by atoms with van der Waals surface area (Å²) in [5.41, 5.74) is 3.96. The molecule has 1 aromatic rings. The Morgan fingerprint density at radius 3 is 2.67 bits per heavy atom. The van der Waals surface area contributed by atoms with Crippen molar-refractivity contribution in [3.63, 3.8) is 0 Å². The average molecular weight is 247 g/mol. The Bertz CT molecular complexity index is 406. The van der Waals surface area contributed by atoms with Crippen molar-refractivity contribution in [1.82, 2.24) is 5.32 Å². The molecule has 0 radical (unpaired) electrons. The fraction of sp³-hybridized carbons (Fsp3) is 0.625. The van der Waals surface area contributed by atoms with Gasteiger partial charge < -0.3 is 10.1 Å². The van der Waals surface area contributed by atoms with Gasteiger partial charge in [-0.05, 0) is 69.2 Å². The Morgan fingerprint density at radius 2 is 2.06 bits per heavy atom. The van der Waals surface area contributed by atoms with Crippen LogP contribution in [0.3, 0.4) is 0 Å². The lowest BCUT2D eigenvalue weighted by molar-refractivity contribution is 0.318. The minimum atomic E-state index is 0.683. The van der Waals surface area contributed by atoms with Crippen LogP contribution in [0.4, 0.5) is 0 Å². The Balaban J connectivity index is 2.11. The van der Waals surface area contributed by atoms with Crippen LogP contribution in [-0.4, -0.2) is 19.7 Å². The third-order valence-corrected chi connectivity index (χ3v) is 4.23. The molecule has 2 unspecified atom stereocenters. The topological polar surface area (TPSA) is 21.3 Å². The van der Waals surface area contributed by atoms with E-state index in [9.17, 15) is 0 Å². The van der Waals surface area contributed by atoms with Crippen molar-refractivity contribution in [2.45, 2.75) is 46.1 Å². The zero-order valence-electron chi connectivity index (χ0n) is 12.0. The summed E-state index contributed by atoms with van der Waals surface area (Å²) in [4.78, 5) is 0. The summed E-state index contributed by atoms with van der Waals surface area (Å²) in [5, 5.41) is 3.57. The quantitative estimate of drug-likeness (QED) is 0.885. The molecule has 1 aliphatic heterocycles. The highest BCUT2D eigenvalue weighted by Gasteiger charge is 2.19. The van der Waals surface area contributed by atoms with E-state index in [2.05, 4.69) is 38.2 Å². The minimum absolute atomic E-state index is 0.683. The van der Waals surface area contributed by atoms with Crippen molar-refractivity contribution < 1.29 is 4.74 Å². The first kappa shape index (κ1) is 13.4. The summed E-state index contributed by atoms with van der Waals surface area (Å²) in [6.07, 6.45) is 3.74. The van der Waals surface area contributed by atoms with E-state index in [1.165, 1.54) is 29.5 Å². The molecule has 1 fully saturated rings. The van der Waals surface area contributed by atoms with E-state index in [0.29, 0.717) is 6.04 Å². The number of nitrogens with one attached hydrogen (secondary N) is 1. The number of methoxy groups -OCH3 is 1. The normalized spacial score (nSPS) is 24.0. The summed E-state index contributed by atoms with van der Waals surface area (Å²) in [5.74, 6) is 1.84. The number of aryl methyl sites for hydroxylation is 1. The van der Waals surface area contributed by atoms with E-state index in [1.807, 2.05) is 0 Å². The maximum atomic E-state index is 5.60. The first-order valence-corrected chi connectivity index (χ1v) is 6.98. The van der Waals surface area contributed by atoms with E-state index in [-0.39, 0.29) is 0 Å². The molecule has 18 heavy (non-hydrogen) atoms. The van der Waals surface area contributed by atoms with E-state index in [1.54, 1.807) is 7.11 Å². The largest absolute Gasteiger partial charge is 0.496 e. The molecule has 0 aromatic heterocycles. The third-order valence-electron chi connectivity index (χ3n) is 4.23. The summed E-state index contributed by atoms with van der Waals surface area (Å²) in [6.45, 7) is 7.70. The van der Waals surface area contributed by atoms with Gasteiger partial charge in [0.2, 0.25) is 0 Å². The zero-order chi connectivity index (χ0) is 13.1. The molecule has 2 atom stereocenters. The van der Waals surface area contributed by atoms with Gasteiger partial charge in [0.15, 0.2) is 0 Å². The molecule has 2 rings (SSSR count). The van der Waals surface area contributed by atoms with Crippen molar-refractivity contribution in [3.05, 3.63) is 28.8 Å². The molecule has 1 aromatic carbocycles. The SMILES string of the molecule is COc1c(CC2CCC(C)NC2)ccc(C)c1C. The minimum Gasteiger partial charge on any atom is -0.496 e. The average Bonchev–Trinajstić information content (AvgIpc) is 2.37. The van der Waals surface area contributed by atoms with Crippen LogP contribution in [0.1, 0.15) is 36.5 Å². The van der Waals surface area contributed by atoms with Crippen molar-refractivity contribution in [1.29, 1.82) is 0 Å². The van der Waals surface area contributed by atoms with Gasteiger partial charge in [-0.25, -0.2) is 0 Å². The second-order valence-electron chi connectivity index (χ2n) is 5.66. The van der Waals surface area contributed by atoms with E-state index in [0.717, 1.165) is 24.6 Å². The number of hydrogen-bond acceptors (Lipinski definition) is 2. The molecule has 0 aliphatic carbocycles. The van der Waals surface area contributed by atoms with Crippen molar-refractivity contribution in [3.8, 4) is 5.75 Å². The monoisotopic (exact) mass is 247 g/mol. The Labute approximate surface area is 111 Å². The second-order valence-corrected chi connectivity index (χ2v) is 5.66. The number of rotatable bonds is 3. The van der Waals surface area contributed by atoms with Crippen LogP contribution in [0, 0.1) is 19.8 Å². The van der Waals surface area contributed by atoms with Crippen molar-refractivity contribution >= 4 is 0 Å². The van der Waals surface area contributed by atoms with Gasteiger partial charge >= 0.3 is 0 Å². The van der Waals surface area contributed by atoms with Gasteiger partial charge in [-0.1, -0.05) is 12.1 Å². The molecule has 2 heteroatoms. The van der Waals surface area contributed by atoms with Crippen LogP contribution in [0.15, 0.2) is 12.1 Å². The Kier molecular flexibility index (Phi) is 4.28. The van der Waals surface area contributed by atoms with Crippen molar-refractivity contribution in [2.24, 2.45) is 5.92 Å². The van der Waals surface area contributed by atoms with Gasteiger partial charge in [0.1, 0.15) is 5.75 Å². The number of benzene rings is 1. The van der Waals surface area contributed by atoms with Crippen LogP contribution < -0.4 is 10.1 Å². The predicted octanol–water partition coefficient (Wildman–Crippen LogP) is 3.24. The van der Waals surface area contributed by atoms with Gasteiger partial charge in [-0.3, -0.25) is 0 Å². The highest BCUT2D eigenvalue weighted by atomic mass is 16.5. The molecule has 2 nitrogen and oxygen atoms in total. The standard InChI is InChI=1S/C16H25NO/c1-11-5-8-15(16(18-4)13(11)3)9-14-7-6-12(2)17-10-14/h5,8,12,14,17H,6-7,9-10H2,1-4H3. The van der Waals surface area contributed by atoms with Gasteiger partial charge in [0.25, 0.3) is 0 Å². The van der Waals surface area contributed by atoms with Crippen molar-refractivity contribution in [2.75, 3.05) is 13.7 Å². The highest BCUT2D eigenvalue weighted by molar-refractivity contribution is 5.45. The highest BCUT2D eigenvalue weighted by Crippen LogP contribution is 2.29.